The summed E-state index contributed by atoms with van der Waals surface area (Å²) in [6.07, 6.45) is 0. The number of aromatic hydroxyl groups is 1. The number of phenols is 1. The van der Waals surface area contributed by atoms with E-state index in [4.69, 9.17) is 16.3 Å². The predicted octanol–water partition coefficient (Wildman–Crippen LogP) is 5.37. The molecular weight excluding hydrogens is 466 g/mol. The van der Waals surface area contributed by atoms with Crippen molar-refractivity contribution in [2.45, 2.75) is 6.92 Å². The first kappa shape index (κ1) is 23.8. The van der Waals surface area contributed by atoms with E-state index in [1.165, 1.54) is 6.07 Å². The molecule has 2 amide bonds. The Labute approximate surface area is 207 Å². The Morgan fingerprint density at radius 1 is 0.971 bits per heavy atom. The number of anilines is 1. The average Bonchev–Trinajstić information content (AvgIpc) is 2.87. The maximum atomic E-state index is 12.8. The fourth-order valence-corrected chi connectivity index (χ4v) is 3.58. The van der Waals surface area contributed by atoms with E-state index in [1.807, 2.05) is 12.1 Å². The van der Waals surface area contributed by atoms with Gasteiger partial charge in [-0.3, -0.25) is 9.59 Å². The molecule has 0 spiro atoms. The van der Waals surface area contributed by atoms with Crippen molar-refractivity contribution in [3.8, 4) is 11.5 Å². The van der Waals surface area contributed by atoms with Crippen LogP contribution in [0.4, 0.5) is 5.69 Å². The minimum absolute atomic E-state index is 0.125. The van der Waals surface area contributed by atoms with Crippen molar-refractivity contribution in [3.63, 3.8) is 0 Å². The van der Waals surface area contributed by atoms with Crippen LogP contribution in [-0.4, -0.2) is 29.2 Å². The molecule has 0 radical (unpaired) electrons. The molecule has 8 heteroatoms. The molecule has 0 heterocycles. The summed E-state index contributed by atoms with van der Waals surface area (Å²) in [7, 11) is 0. The number of fused-ring (bicyclic) bond motifs is 1. The Hall–Kier alpha value is -4.36. The van der Waals surface area contributed by atoms with Crippen LogP contribution in [0.3, 0.4) is 0 Å². The summed E-state index contributed by atoms with van der Waals surface area (Å²) in [5.41, 5.74) is 4.43. The number of hydrazone groups is 1. The zero-order valence-corrected chi connectivity index (χ0v) is 19.5. The number of phenolic OH excluding ortho intramolecular Hbond substituents is 1. The van der Waals surface area contributed by atoms with E-state index in [1.54, 1.807) is 73.7 Å². The summed E-state index contributed by atoms with van der Waals surface area (Å²) in [5, 5.41) is 19.2. The van der Waals surface area contributed by atoms with Crippen LogP contribution >= 0.6 is 11.6 Å². The highest BCUT2D eigenvalue weighted by molar-refractivity contribution is 6.30. The third kappa shape index (κ3) is 5.96. The molecule has 7 nitrogen and oxygen atoms in total. The van der Waals surface area contributed by atoms with Gasteiger partial charge in [-0.25, -0.2) is 5.43 Å². The van der Waals surface area contributed by atoms with Gasteiger partial charge >= 0.3 is 0 Å². The fraction of sp³-hybridized carbons (Fsp3) is 0.0741. The van der Waals surface area contributed by atoms with E-state index in [0.29, 0.717) is 33.1 Å². The smallest absolute Gasteiger partial charge is 0.275 e. The van der Waals surface area contributed by atoms with Gasteiger partial charge in [0.1, 0.15) is 11.5 Å². The molecule has 4 aromatic carbocycles. The standard InChI is InChI=1S/C27H22ClN3O4/c1-17(30-31-27(34)26-23-8-3-2-5-18(23)9-14-24(26)32)19-6-4-7-21(15-19)29-25(33)16-35-22-12-10-20(28)11-13-22/h2-15,32H,16H2,1H3,(H,29,33)(H,31,34). The van der Waals surface area contributed by atoms with Gasteiger partial charge in [0.2, 0.25) is 0 Å². The van der Waals surface area contributed by atoms with Gasteiger partial charge in [-0.1, -0.05) is 54.1 Å². The van der Waals surface area contributed by atoms with Crippen molar-refractivity contribution in [2.75, 3.05) is 11.9 Å². The summed E-state index contributed by atoms with van der Waals surface area (Å²) in [6.45, 7) is 1.57. The van der Waals surface area contributed by atoms with E-state index in [9.17, 15) is 14.7 Å². The van der Waals surface area contributed by atoms with Crippen LogP contribution < -0.4 is 15.5 Å². The molecule has 35 heavy (non-hydrogen) atoms. The molecule has 0 saturated heterocycles. The van der Waals surface area contributed by atoms with Crippen LogP contribution in [0.1, 0.15) is 22.8 Å². The lowest BCUT2D eigenvalue weighted by atomic mass is 10.0. The molecule has 0 bridgehead atoms. The van der Waals surface area contributed by atoms with Crippen molar-refractivity contribution in [1.82, 2.24) is 5.43 Å². The van der Waals surface area contributed by atoms with E-state index < -0.39 is 5.91 Å². The lowest BCUT2D eigenvalue weighted by molar-refractivity contribution is -0.118. The van der Waals surface area contributed by atoms with E-state index in [2.05, 4.69) is 15.8 Å². The average molecular weight is 488 g/mol. The van der Waals surface area contributed by atoms with E-state index in [0.717, 1.165) is 5.39 Å². The van der Waals surface area contributed by atoms with Crippen LogP contribution in [0.25, 0.3) is 10.8 Å². The first-order valence-corrected chi connectivity index (χ1v) is 11.1. The zero-order valence-electron chi connectivity index (χ0n) is 18.8. The summed E-state index contributed by atoms with van der Waals surface area (Å²) in [4.78, 5) is 25.1. The molecule has 0 aromatic heterocycles. The largest absolute Gasteiger partial charge is 0.507 e. The molecule has 0 atom stereocenters. The quantitative estimate of drug-likeness (QED) is 0.241. The van der Waals surface area contributed by atoms with Crippen LogP contribution in [0.15, 0.2) is 90.0 Å². The monoisotopic (exact) mass is 487 g/mol. The normalized spacial score (nSPS) is 11.2. The van der Waals surface area contributed by atoms with Crippen molar-refractivity contribution in [3.05, 3.63) is 101 Å². The second-order valence-corrected chi connectivity index (χ2v) is 8.13. The number of benzene rings is 4. The third-order valence-corrected chi connectivity index (χ3v) is 5.46. The zero-order chi connectivity index (χ0) is 24.8. The number of rotatable bonds is 7. The Balaban J connectivity index is 1.41. The third-order valence-electron chi connectivity index (χ3n) is 5.21. The lowest BCUT2D eigenvalue weighted by Gasteiger charge is -2.10. The molecule has 0 aliphatic rings. The molecule has 0 fully saturated rings. The number of ether oxygens (including phenoxy) is 1. The Kier molecular flexibility index (Phi) is 7.28. The Bertz CT molecular complexity index is 1420. The fourth-order valence-electron chi connectivity index (χ4n) is 3.45. The van der Waals surface area contributed by atoms with Gasteiger partial charge in [0.05, 0.1) is 11.3 Å². The van der Waals surface area contributed by atoms with Gasteiger partial charge in [0.25, 0.3) is 11.8 Å². The first-order chi connectivity index (χ1) is 16.9. The summed E-state index contributed by atoms with van der Waals surface area (Å²) < 4.78 is 5.46. The van der Waals surface area contributed by atoms with Crippen molar-refractivity contribution in [2.24, 2.45) is 5.10 Å². The minimum Gasteiger partial charge on any atom is -0.507 e. The topological polar surface area (TPSA) is 100 Å². The molecule has 176 valence electrons. The van der Waals surface area contributed by atoms with Crippen LogP contribution in [-0.2, 0) is 4.79 Å². The number of nitrogens with one attached hydrogen (secondary N) is 2. The first-order valence-electron chi connectivity index (χ1n) is 10.7. The highest BCUT2D eigenvalue weighted by Gasteiger charge is 2.15. The molecule has 3 N–H and O–H groups in total. The van der Waals surface area contributed by atoms with E-state index in [-0.39, 0.29) is 23.8 Å². The van der Waals surface area contributed by atoms with Crippen LogP contribution in [0, 0.1) is 0 Å². The minimum atomic E-state index is -0.526. The van der Waals surface area contributed by atoms with Gasteiger partial charge < -0.3 is 15.2 Å². The molecule has 0 saturated carbocycles. The summed E-state index contributed by atoms with van der Waals surface area (Å²) in [6, 6.07) is 24.3. The van der Waals surface area contributed by atoms with Crippen molar-refractivity contribution >= 4 is 45.6 Å². The van der Waals surface area contributed by atoms with Gasteiger partial charge in [-0.2, -0.15) is 5.10 Å². The van der Waals surface area contributed by atoms with Crippen molar-refractivity contribution in [1.29, 1.82) is 0 Å². The van der Waals surface area contributed by atoms with Gasteiger partial charge in [0.15, 0.2) is 6.61 Å². The summed E-state index contributed by atoms with van der Waals surface area (Å²) >= 11 is 5.84. The molecule has 0 unspecified atom stereocenters. The second kappa shape index (κ2) is 10.7. The summed E-state index contributed by atoms with van der Waals surface area (Å²) in [5.74, 6) is -0.442. The lowest BCUT2D eigenvalue weighted by Crippen LogP contribution is -2.21. The molecular formula is C27H22ClN3O4. The number of nitrogens with zero attached hydrogens (tertiary/aromatic N) is 1. The second-order valence-electron chi connectivity index (χ2n) is 7.69. The Morgan fingerprint density at radius 3 is 2.54 bits per heavy atom. The van der Waals surface area contributed by atoms with Crippen LogP contribution in [0.5, 0.6) is 11.5 Å². The highest BCUT2D eigenvalue weighted by Crippen LogP contribution is 2.27. The maximum Gasteiger partial charge on any atom is 0.275 e. The number of carbonyl (C=O) groups is 2. The molecule has 4 aromatic rings. The molecule has 0 aliphatic heterocycles. The number of carbonyl (C=O) groups excluding carboxylic acids is 2. The molecule has 0 aliphatic carbocycles. The maximum absolute atomic E-state index is 12.8. The number of amides is 2. The highest BCUT2D eigenvalue weighted by atomic mass is 35.5. The van der Waals surface area contributed by atoms with Gasteiger partial charge in [-0.15, -0.1) is 0 Å². The SMILES string of the molecule is CC(=NNC(=O)c1c(O)ccc2ccccc12)c1cccc(NC(=O)COc2ccc(Cl)cc2)c1. The van der Waals surface area contributed by atoms with Crippen LogP contribution in [0.2, 0.25) is 5.02 Å². The predicted molar refractivity (Wildman–Crippen MR) is 137 cm³/mol. The number of hydrogen-bond acceptors (Lipinski definition) is 5. The van der Waals surface area contributed by atoms with Gasteiger partial charge in [0, 0.05) is 10.7 Å². The van der Waals surface area contributed by atoms with Gasteiger partial charge in [-0.05, 0) is 65.7 Å². The van der Waals surface area contributed by atoms with Crippen molar-refractivity contribution < 1.29 is 19.4 Å². The number of hydrogen-bond donors (Lipinski definition) is 3. The van der Waals surface area contributed by atoms with E-state index >= 15 is 0 Å². The molecule has 4 rings (SSSR count). The Morgan fingerprint density at radius 2 is 1.74 bits per heavy atom. The number of halogens is 1.